The topological polar surface area (TPSA) is 137 Å². The molecule has 12 nitrogen and oxygen atoms in total. The van der Waals surface area contributed by atoms with E-state index in [2.05, 4.69) is 11.9 Å². The van der Waals surface area contributed by atoms with Crippen molar-refractivity contribution in [2.24, 2.45) is 0 Å². The van der Waals surface area contributed by atoms with E-state index < -0.39 is 49.4 Å². The van der Waals surface area contributed by atoms with Crippen molar-refractivity contribution >= 4 is 19.4 Å². The summed E-state index contributed by atoms with van der Waals surface area (Å²) in [6.45, 7) is 6.64. The highest BCUT2D eigenvalue weighted by Gasteiger charge is 2.56. The summed E-state index contributed by atoms with van der Waals surface area (Å²) in [7, 11) is -4.22. The van der Waals surface area contributed by atoms with Gasteiger partial charge < -0.3 is 23.5 Å². The average Bonchev–Trinajstić information content (AvgIpc) is 3.58. The third kappa shape index (κ3) is 14.0. The van der Waals surface area contributed by atoms with Gasteiger partial charge in [0.1, 0.15) is 24.1 Å². The predicted octanol–water partition coefficient (Wildman–Crippen LogP) is 8.72. The molecule has 4 rings (SSSR count). The number of nitrogens with one attached hydrogen (secondary N) is 1. The highest BCUT2D eigenvalue weighted by Crippen LogP contribution is 2.52. The molecule has 0 amide bonds. The minimum Gasteiger partial charge on any atom is -0.402 e. The van der Waals surface area contributed by atoms with Crippen LogP contribution in [0.15, 0.2) is 46.1 Å². The monoisotopic (exact) mass is 756 g/mol. The van der Waals surface area contributed by atoms with Crippen molar-refractivity contribution in [2.75, 3.05) is 26.4 Å². The van der Waals surface area contributed by atoms with Crippen molar-refractivity contribution in [3.05, 3.63) is 62.4 Å². The second-order valence-corrected chi connectivity index (χ2v) is 15.8. The van der Waals surface area contributed by atoms with E-state index in [1.807, 2.05) is 0 Å². The van der Waals surface area contributed by atoms with E-state index in [-0.39, 0.29) is 24.0 Å². The zero-order chi connectivity index (χ0) is 36.5. The molecule has 0 aliphatic carbocycles. The standard InChI is InChI=1S/C37H58ClN2O10P/c1-4-5-6-7-8-9-10-11-12-13-14-15-16-19-25-44-26-20-27-45-51(43,50-30-22-18-17-21-29(30)38)46-28-31-33-34(49-37(2,3)48-33)35(47-31)40-24-23-32(41)39-36(40)42/h17-18,21-24,31,33-35H,4-16,19-20,25-28H2,1-3H3,(H,39,41,42)/t31-,33-,34-,35+,51?/m1/s1. The lowest BCUT2D eigenvalue weighted by Gasteiger charge is -2.25. The van der Waals surface area contributed by atoms with Crippen LogP contribution in [0.4, 0.5) is 0 Å². The van der Waals surface area contributed by atoms with Gasteiger partial charge in [-0.1, -0.05) is 114 Å². The summed E-state index contributed by atoms with van der Waals surface area (Å²) in [4.78, 5) is 26.5. The first-order valence-corrected chi connectivity index (χ1v) is 20.7. The van der Waals surface area contributed by atoms with Crippen LogP contribution in [0, 0.1) is 0 Å². The van der Waals surface area contributed by atoms with Crippen LogP contribution in [0.5, 0.6) is 5.75 Å². The van der Waals surface area contributed by atoms with Gasteiger partial charge in [-0.15, -0.1) is 0 Å². The Labute approximate surface area is 307 Å². The number of benzene rings is 1. The Balaban J connectivity index is 1.17. The van der Waals surface area contributed by atoms with E-state index in [1.54, 1.807) is 38.1 Å². The number of hydrogen-bond acceptors (Lipinski definition) is 10. The van der Waals surface area contributed by atoms with Crippen molar-refractivity contribution in [1.29, 1.82) is 0 Å². The van der Waals surface area contributed by atoms with Gasteiger partial charge in [-0.05, 0) is 38.8 Å². The quantitative estimate of drug-likeness (QED) is 0.0733. The lowest BCUT2D eigenvalue weighted by molar-refractivity contribution is -0.200. The zero-order valence-corrected chi connectivity index (χ0v) is 32.2. The number of hydrogen-bond donors (Lipinski definition) is 1. The maximum absolute atomic E-state index is 13.9. The van der Waals surface area contributed by atoms with Crippen LogP contribution in [-0.2, 0) is 32.6 Å². The SMILES string of the molecule is CCCCCCCCCCCCCCCCOCCCOP(=O)(OC[C@H]1O[C@H](n2ccc(=O)[nH]c2=O)[C@@H]2OC(C)(C)O[C@@H]21)Oc1ccccc1Cl. The van der Waals surface area contributed by atoms with Gasteiger partial charge in [-0.2, -0.15) is 0 Å². The highest BCUT2D eigenvalue weighted by atomic mass is 35.5. The molecule has 14 heteroatoms. The summed E-state index contributed by atoms with van der Waals surface area (Å²) in [6.07, 6.45) is 17.0. The fraction of sp³-hybridized carbons (Fsp3) is 0.730. The molecule has 1 unspecified atom stereocenters. The van der Waals surface area contributed by atoms with Crippen LogP contribution in [0.1, 0.15) is 123 Å². The fourth-order valence-corrected chi connectivity index (χ4v) is 7.87. The fourth-order valence-electron chi connectivity index (χ4n) is 6.38. The molecule has 1 N–H and O–H groups in total. The molecule has 2 fully saturated rings. The summed E-state index contributed by atoms with van der Waals surface area (Å²) in [5.74, 6) is -0.844. The highest BCUT2D eigenvalue weighted by molar-refractivity contribution is 7.48. The Morgan fingerprint density at radius 2 is 1.41 bits per heavy atom. The second kappa shape index (κ2) is 21.6. The van der Waals surface area contributed by atoms with E-state index >= 15 is 0 Å². The van der Waals surface area contributed by atoms with Gasteiger partial charge in [0.05, 0.1) is 18.2 Å². The van der Waals surface area contributed by atoms with E-state index in [9.17, 15) is 14.2 Å². The second-order valence-electron chi connectivity index (χ2n) is 13.8. The van der Waals surface area contributed by atoms with Gasteiger partial charge >= 0.3 is 13.5 Å². The molecule has 51 heavy (non-hydrogen) atoms. The molecular weight excluding hydrogens is 699 g/mol. The molecule has 1 aromatic heterocycles. The molecule has 1 aromatic carbocycles. The van der Waals surface area contributed by atoms with Crippen molar-refractivity contribution in [3.8, 4) is 5.75 Å². The number of nitrogens with zero attached hydrogens (tertiary/aromatic N) is 1. The van der Waals surface area contributed by atoms with Crippen LogP contribution in [0.2, 0.25) is 5.02 Å². The van der Waals surface area contributed by atoms with Crippen molar-refractivity contribution < 1.29 is 37.1 Å². The maximum Gasteiger partial charge on any atom is 0.530 e. The van der Waals surface area contributed by atoms with Gasteiger partial charge in [0.25, 0.3) is 5.56 Å². The molecule has 2 aliphatic heterocycles. The first kappa shape index (κ1) is 41.7. The Bertz CT molecular complexity index is 1470. The normalized spacial score (nSPS) is 22.2. The third-order valence-electron chi connectivity index (χ3n) is 9.02. The molecule has 288 valence electrons. The summed E-state index contributed by atoms with van der Waals surface area (Å²) in [5.41, 5.74) is -1.20. The summed E-state index contributed by atoms with van der Waals surface area (Å²) in [5, 5.41) is 0.241. The molecule has 3 heterocycles. The summed E-state index contributed by atoms with van der Waals surface area (Å²) < 4.78 is 56.5. The molecule has 0 spiro atoms. The average molecular weight is 757 g/mol. The van der Waals surface area contributed by atoms with Crippen LogP contribution in [-0.4, -0.2) is 60.1 Å². The predicted molar refractivity (Wildman–Crippen MR) is 196 cm³/mol. The van der Waals surface area contributed by atoms with Gasteiger partial charge in [-0.3, -0.25) is 23.4 Å². The minimum absolute atomic E-state index is 0.0556. The Kier molecular flexibility index (Phi) is 17.7. The molecule has 0 radical (unpaired) electrons. The smallest absolute Gasteiger partial charge is 0.402 e. The van der Waals surface area contributed by atoms with Gasteiger partial charge in [0.2, 0.25) is 0 Å². The Hall–Kier alpha value is -2.02. The van der Waals surface area contributed by atoms with Crippen LogP contribution in [0.25, 0.3) is 0 Å². The number of rotatable bonds is 26. The lowest BCUT2D eigenvalue weighted by Crippen LogP contribution is -2.37. The van der Waals surface area contributed by atoms with Crippen molar-refractivity contribution in [2.45, 2.75) is 147 Å². The number of ether oxygens (including phenoxy) is 4. The number of phosphoric ester groups is 1. The summed E-state index contributed by atoms with van der Waals surface area (Å²) in [6, 6.07) is 7.81. The number of para-hydroxylation sites is 1. The van der Waals surface area contributed by atoms with Gasteiger partial charge in [-0.25, -0.2) is 9.36 Å². The van der Waals surface area contributed by atoms with Crippen LogP contribution >= 0.6 is 19.4 Å². The van der Waals surface area contributed by atoms with E-state index in [4.69, 9.17) is 44.1 Å². The lowest BCUT2D eigenvalue weighted by atomic mass is 10.0. The molecule has 0 saturated carbocycles. The third-order valence-corrected chi connectivity index (χ3v) is 10.7. The van der Waals surface area contributed by atoms with Crippen LogP contribution in [0.3, 0.4) is 0 Å². The van der Waals surface area contributed by atoms with Gasteiger partial charge in [0.15, 0.2) is 12.0 Å². The molecular formula is C37H58ClN2O10P. The Morgan fingerprint density at radius 1 is 0.804 bits per heavy atom. The number of fused-ring (bicyclic) bond motifs is 1. The zero-order valence-electron chi connectivity index (χ0n) is 30.6. The van der Waals surface area contributed by atoms with Crippen molar-refractivity contribution in [1.82, 2.24) is 9.55 Å². The van der Waals surface area contributed by atoms with Crippen LogP contribution < -0.4 is 15.8 Å². The Morgan fingerprint density at radius 3 is 2.06 bits per heavy atom. The first-order chi connectivity index (χ1) is 24.6. The number of H-pyrrole nitrogens is 1. The van der Waals surface area contributed by atoms with E-state index in [1.165, 1.54) is 93.9 Å². The molecule has 2 aliphatic rings. The van der Waals surface area contributed by atoms with Gasteiger partial charge in [0, 0.05) is 25.5 Å². The van der Waals surface area contributed by atoms with Crippen molar-refractivity contribution in [3.63, 3.8) is 0 Å². The molecule has 2 saturated heterocycles. The molecule has 5 atom stereocenters. The number of unbranched alkanes of at least 4 members (excludes halogenated alkanes) is 13. The van der Waals surface area contributed by atoms with E-state index in [0.29, 0.717) is 19.6 Å². The number of aromatic nitrogens is 2. The molecule has 2 aromatic rings. The first-order valence-electron chi connectivity index (χ1n) is 18.8. The largest absolute Gasteiger partial charge is 0.530 e. The number of phosphoric acid groups is 1. The number of halogens is 1. The summed E-state index contributed by atoms with van der Waals surface area (Å²) >= 11 is 6.29. The minimum atomic E-state index is -4.22. The molecule has 0 bridgehead atoms. The number of aromatic amines is 1. The maximum atomic E-state index is 13.9. The van der Waals surface area contributed by atoms with E-state index in [0.717, 1.165) is 12.8 Å².